The third-order valence-electron chi connectivity index (χ3n) is 2.47. The summed E-state index contributed by atoms with van der Waals surface area (Å²) in [5, 5.41) is 18.8. The molecule has 0 unspecified atom stereocenters. The Labute approximate surface area is 99.7 Å². The van der Waals surface area contributed by atoms with Crippen LogP contribution in [-0.2, 0) is 6.54 Å². The van der Waals surface area contributed by atoms with Crippen LogP contribution in [0.15, 0.2) is 42.5 Å². The van der Waals surface area contributed by atoms with Crippen molar-refractivity contribution in [1.82, 2.24) is 4.57 Å². The fourth-order valence-corrected chi connectivity index (χ4v) is 1.60. The van der Waals surface area contributed by atoms with Gasteiger partial charge in [-0.3, -0.25) is 4.57 Å². The van der Waals surface area contributed by atoms with Crippen molar-refractivity contribution in [3.63, 3.8) is 0 Å². The summed E-state index contributed by atoms with van der Waals surface area (Å²) in [6.45, 7) is 1.07. The summed E-state index contributed by atoms with van der Waals surface area (Å²) in [6, 6.07) is 12.5. The number of hydrogen-bond donors (Lipinski definition) is 2. The van der Waals surface area contributed by atoms with Crippen LogP contribution in [0.25, 0.3) is 0 Å². The largest absolute Gasteiger partial charge is 0.494 e. The fraction of sp³-hybridized carbons (Fsp3) is 0.231. The number of hydrogen-bond acceptors (Lipinski definition) is 3. The first-order valence-electron chi connectivity index (χ1n) is 5.52. The molecule has 2 rings (SSSR count). The average molecular weight is 233 g/mol. The molecule has 0 atom stereocenters. The molecular weight excluding hydrogens is 218 g/mol. The summed E-state index contributed by atoms with van der Waals surface area (Å²) >= 11 is 0. The third kappa shape index (κ3) is 2.93. The summed E-state index contributed by atoms with van der Waals surface area (Å²) < 4.78 is 6.95. The Bertz CT molecular complexity index is 445. The summed E-state index contributed by atoms with van der Waals surface area (Å²) in [7, 11) is 0. The van der Waals surface area contributed by atoms with Crippen molar-refractivity contribution in [2.24, 2.45) is 0 Å². The van der Waals surface area contributed by atoms with E-state index >= 15 is 0 Å². The van der Waals surface area contributed by atoms with E-state index in [1.807, 2.05) is 30.3 Å². The normalized spacial score (nSPS) is 10.4. The maximum Gasteiger partial charge on any atom is 0.193 e. The fourth-order valence-electron chi connectivity index (χ4n) is 1.60. The van der Waals surface area contributed by atoms with Crippen LogP contribution >= 0.6 is 0 Å². The van der Waals surface area contributed by atoms with Gasteiger partial charge in [-0.2, -0.15) is 0 Å². The molecule has 0 fully saturated rings. The number of benzene rings is 1. The average Bonchev–Trinajstić information content (AvgIpc) is 2.67. The Morgan fingerprint density at radius 1 is 0.941 bits per heavy atom. The highest BCUT2D eigenvalue weighted by molar-refractivity contribution is 5.23. The molecular formula is C13H15NO3. The number of ether oxygens (including phenoxy) is 1. The van der Waals surface area contributed by atoms with Gasteiger partial charge in [0.25, 0.3) is 0 Å². The predicted molar refractivity (Wildman–Crippen MR) is 64.3 cm³/mol. The first-order chi connectivity index (χ1) is 8.27. The van der Waals surface area contributed by atoms with Gasteiger partial charge < -0.3 is 14.9 Å². The van der Waals surface area contributed by atoms with Gasteiger partial charge >= 0.3 is 0 Å². The Hall–Kier alpha value is -2.10. The van der Waals surface area contributed by atoms with Crippen molar-refractivity contribution < 1.29 is 14.9 Å². The molecule has 0 saturated carbocycles. The molecule has 90 valence electrons. The Morgan fingerprint density at radius 3 is 2.24 bits per heavy atom. The zero-order valence-corrected chi connectivity index (χ0v) is 9.41. The lowest BCUT2D eigenvalue weighted by Gasteiger charge is -2.08. The van der Waals surface area contributed by atoms with E-state index in [2.05, 4.69) is 0 Å². The van der Waals surface area contributed by atoms with Crippen molar-refractivity contribution in [3.05, 3.63) is 42.5 Å². The third-order valence-corrected chi connectivity index (χ3v) is 2.47. The van der Waals surface area contributed by atoms with Gasteiger partial charge in [-0.25, -0.2) is 0 Å². The van der Waals surface area contributed by atoms with Crippen molar-refractivity contribution in [1.29, 1.82) is 0 Å². The molecule has 1 aromatic carbocycles. The highest BCUT2D eigenvalue weighted by atomic mass is 16.5. The molecule has 1 heterocycles. The molecule has 17 heavy (non-hydrogen) atoms. The molecule has 1 aromatic heterocycles. The van der Waals surface area contributed by atoms with Crippen LogP contribution in [0.2, 0.25) is 0 Å². The monoisotopic (exact) mass is 233 g/mol. The van der Waals surface area contributed by atoms with Crippen molar-refractivity contribution >= 4 is 0 Å². The molecule has 0 aliphatic carbocycles. The number of aromatic nitrogens is 1. The zero-order valence-electron chi connectivity index (χ0n) is 9.41. The van der Waals surface area contributed by atoms with E-state index in [4.69, 9.17) is 4.74 Å². The van der Waals surface area contributed by atoms with E-state index in [0.717, 1.165) is 5.75 Å². The van der Waals surface area contributed by atoms with E-state index in [9.17, 15) is 10.2 Å². The smallest absolute Gasteiger partial charge is 0.193 e. The van der Waals surface area contributed by atoms with E-state index < -0.39 is 0 Å². The van der Waals surface area contributed by atoms with Crippen LogP contribution in [0.5, 0.6) is 17.5 Å². The zero-order chi connectivity index (χ0) is 12.1. The summed E-state index contributed by atoms with van der Waals surface area (Å²) in [4.78, 5) is 0. The summed E-state index contributed by atoms with van der Waals surface area (Å²) in [5.41, 5.74) is 0. The quantitative estimate of drug-likeness (QED) is 0.779. The SMILES string of the molecule is Oc1ccc(O)n1CCCOc1ccccc1. The minimum Gasteiger partial charge on any atom is -0.494 e. The highest BCUT2D eigenvalue weighted by Crippen LogP contribution is 2.21. The highest BCUT2D eigenvalue weighted by Gasteiger charge is 2.04. The van der Waals surface area contributed by atoms with Crippen molar-refractivity contribution in [3.8, 4) is 17.5 Å². The first-order valence-corrected chi connectivity index (χ1v) is 5.52. The molecule has 0 aliphatic heterocycles. The second-order valence-electron chi connectivity index (χ2n) is 3.72. The number of aromatic hydroxyl groups is 2. The Morgan fingerprint density at radius 2 is 1.59 bits per heavy atom. The van der Waals surface area contributed by atoms with Gasteiger partial charge in [-0.15, -0.1) is 0 Å². The minimum absolute atomic E-state index is 0.0715. The summed E-state index contributed by atoms with van der Waals surface area (Å²) in [6.07, 6.45) is 0.713. The van der Waals surface area contributed by atoms with E-state index in [1.165, 1.54) is 16.7 Å². The van der Waals surface area contributed by atoms with Crippen molar-refractivity contribution in [2.45, 2.75) is 13.0 Å². The van der Waals surface area contributed by atoms with E-state index in [1.54, 1.807) is 0 Å². The number of rotatable bonds is 5. The van der Waals surface area contributed by atoms with Crippen LogP contribution < -0.4 is 4.74 Å². The molecule has 0 saturated heterocycles. The predicted octanol–water partition coefficient (Wildman–Crippen LogP) is 2.37. The topological polar surface area (TPSA) is 54.6 Å². The number of nitrogens with zero attached hydrogens (tertiary/aromatic N) is 1. The number of para-hydroxylation sites is 1. The van der Waals surface area contributed by atoms with Gasteiger partial charge in [0.1, 0.15) is 5.75 Å². The van der Waals surface area contributed by atoms with Gasteiger partial charge in [-0.1, -0.05) is 18.2 Å². The lowest BCUT2D eigenvalue weighted by atomic mass is 10.3. The molecule has 2 N–H and O–H groups in total. The Balaban J connectivity index is 1.77. The van der Waals surface area contributed by atoms with Crippen LogP contribution in [0, 0.1) is 0 Å². The molecule has 4 nitrogen and oxygen atoms in total. The van der Waals surface area contributed by atoms with Gasteiger partial charge in [0.2, 0.25) is 0 Å². The maximum atomic E-state index is 9.41. The van der Waals surface area contributed by atoms with E-state index in [-0.39, 0.29) is 11.8 Å². The van der Waals surface area contributed by atoms with Crippen LogP contribution in [0.3, 0.4) is 0 Å². The van der Waals surface area contributed by atoms with Crippen LogP contribution in [0.4, 0.5) is 0 Å². The molecule has 0 amide bonds. The maximum absolute atomic E-state index is 9.41. The van der Waals surface area contributed by atoms with Crippen LogP contribution in [0.1, 0.15) is 6.42 Å². The second kappa shape index (κ2) is 5.30. The molecule has 0 bridgehead atoms. The van der Waals surface area contributed by atoms with Gasteiger partial charge in [-0.05, 0) is 18.6 Å². The van der Waals surface area contributed by atoms with Crippen molar-refractivity contribution in [2.75, 3.05) is 6.61 Å². The molecule has 0 radical (unpaired) electrons. The second-order valence-corrected chi connectivity index (χ2v) is 3.72. The van der Waals surface area contributed by atoms with E-state index in [0.29, 0.717) is 19.6 Å². The van der Waals surface area contributed by atoms with Gasteiger partial charge in [0.15, 0.2) is 11.8 Å². The standard InChI is InChI=1S/C13H15NO3/c15-12-7-8-13(16)14(12)9-4-10-17-11-5-2-1-3-6-11/h1-3,5-8,15-16H,4,9-10H2. The minimum atomic E-state index is 0.0715. The molecule has 0 spiro atoms. The lowest BCUT2D eigenvalue weighted by Crippen LogP contribution is -2.03. The molecule has 4 heteroatoms. The molecule has 2 aromatic rings. The van der Waals surface area contributed by atoms with Gasteiger partial charge in [0.05, 0.1) is 6.61 Å². The molecule has 0 aliphatic rings. The lowest BCUT2D eigenvalue weighted by molar-refractivity contribution is 0.289. The first kappa shape index (κ1) is 11.4. The Kier molecular flexibility index (Phi) is 3.55. The van der Waals surface area contributed by atoms with Crippen LogP contribution in [-0.4, -0.2) is 21.4 Å². The van der Waals surface area contributed by atoms with Gasteiger partial charge in [0, 0.05) is 18.7 Å². The summed E-state index contributed by atoms with van der Waals surface area (Å²) in [5.74, 6) is 0.970.